The van der Waals surface area contributed by atoms with E-state index in [1.165, 1.54) is 6.92 Å². The molecule has 5 rings (SSSR count). The molecule has 0 aliphatic carbocycles. The van der Waals surface area contributed by atoms with Gasteiger partial charge in [0.1, 0.15) is 42.3 Å². The van der Waals surface area contributed by atoms with Gasteiger partial charge in [0.2, 0.25) is 47.3 Å². The van der Waals surface area contributed by atoms with E-state index in [0.29, 0.717) is 16.5 Å². The van der Waals surface area contributed by atoms with Crippen molar-refractivity contribution < 1.29 is 53.0 Å². The van der Waals surface area contributed by atoms with Crippen LogP contribution in [0.1, 0.15) is 75.0 Å². The van der Waals surface area contributed by atoms with Crippen LogP contribution in [0.3, 0.4) is 0 Å². The predicted molar refractivity (Wildman–Crippen MR) is 295 cm³/mol. The van der Waals surface area contributed by atoms with Crippen molar-refractivity contribution in [3.63, 3.8) is 0 Å². The number of carboxylic acid groups (broad SMARTS) is 1. The van der Waals surface area contributed by atoms with E-state index >= 15 is 0 Å². The molecule has 18 N–H and O–H groups in total. The molecule has 1 fully saturated rings. The fourth-order valence-corrected chi connectivity index (χ4v) is 8.74. The maximum Gasteiger partial charge on any atom is 0.326 e. The number of amides is 8. The van der Waals surface area contributed by atoms with Gasteiger partial charge in [0.15, 0.2) is 11.9 Å². The molecule has 7 atom stereocenters. The summed E-state index contributed by atoms with van der Waals surface area (Å²) in [6.45, 7) is 0.935. The van der Waals surface area contributed by atoms with Gasteiger partial charge in [0, 0.05) is 62.9 Å². The molecule has 26 heteroatoms. The third kappa shape index (κ3) is 21.0. The van der Waals surface area contributed by atoms with Crippen molar-refractivity contribution in [2.45, 2.75) is 120 Å². The normalized spacial score (nSPS) is 20.5. The Balaban J connectivity index is 1.54. The Labute approximate surface area is 462 Å². The number of carbonyl (C=O) groups is 9. The highest BCUT2D eigenvalue weighted by atomic mass is 16.5. The molecule has 0 radical (unpaired) electrons. The van der Waals surface area contributed by atoms with Gasteiger partial charge in [-0.05, 0) is 67.7 Å². The summed E-state index contributed by atoms with van der Waals surface area (Å²) in [5.74, 6) is -8.47. The van der Waals surface area contributed by atoms with Crippen molar-refractivity contribution in [2.24, 2.45) is 11.5 Å². The lowest BCUT2D eigenvalue weighted by Crippen LogP contribution is -2.61. The van der Waals surface area contributed by atoms with Gasteiger partial charge in [-0.1, -0.05) is 78.9 Å². The van der Waals surface area contributed by atoms with Crippen LogP contribution in [0.5, 0.6) is 0 Å². The summed E-state index contributed by atoms with van der Waals surface area (Å²) >= 11 is 0. The van der Waals surface area contributed by atoms with E-state index in [2.05, 4.69) is 58.2 Å². The van der Waals surface area contributed by atoms with Crippen LogP contribution in [-0.2, 0) is 67.3 Å². The number of carbonyl (C=O) groups excluding carboxylic acids is 8. The molecule has 8 amide bonds. The van der Waals surface area contributed by atoms with Crippen molar-refractivity contribution in [1.29, 1.82) is 10.8 Å². The number of aromatic nitrogens is 1. The summed E-state index contributed by atoms with van der Waals surface area (Å²) in [5.41, 5.74) is 13.6. The van der Waals surface area contributed by atoms with E-state index in [9.17, 15) is 48.3 Å². The third-order valence-electron chi connectivity index (χ3n) is 12.9. The maximum absolute atomic E-state index is 14.8. The van der Waals surface area contributed by atoms with E-state index in [4.69, 9.17) is 27.0 Å². The number of aliphatic carboxylic acids is 1. The van der Waals surface area contributed by atoms with E-state index in [1.54, 1.807) is 85.1 Å². The van der Waals surface area contributed by atoms with Crippen LogP contribution < -0.4 is 64.6 Å². The molecule has 80 heavy (non-hydrogen) atoms. The molecule has 0 saturated carbocycles. The summed E-state index contributed by atoms with van der Waals surface area (Å²) in [6, 6.07) is 14.7. The number of H-pyrrole nitrogens is 1. The van der Waals surface area contributed by atoms with Crippen LogP contribution in [0.15, 0.2) is 91.1 Å². The van der Waals surface area contributed by atoms with E-state index in [0.717, 1.165) is 11.1 Å². The van der Waals surface area contributed by atoms with Crippen molar-refractivity contribution >= 4 is 76.0 Å². The number of rotatable bonds is 20. The smallest absolute Gasteiger partial charge is 0.326 e. The lowest BCUT2D eigenvalue weighted by atomic mass is 10.0. The highest BCUT2D eigenvalue weighted by molar-refractivity contribution is 5.98. The van der Waals surface area contributed by atoms with Gasteiger partial charge < -0.3 is 79.5 Å². The van der Waals surface area contributed by atoms with E-state index in [1.807, 2.05) is 6.07 Å². The first-order chi connectivity index (χ1) is 38.4. The lowest BCUT2D eigenvalue weighted by molar-refractivity contribution is -0.142. The summed E-state index contributed by atoms with van der Waals surface area (Å²) in [7, 11) is 0. The minimum Gasteiger partial charge on any atom is -0.480 e. The fourth-order valence-electron chi connectivity index (χ4n) is 8.74. The van der Waals surface area contributed by atoms with E-state index < -0.39 is 102 Å². The zero-order valence-corrected chi connectivity index (χ0v) is 44.5. The zero-order chi connectivity index (χ0) is 58.0. The van der Waals surface area contributed by atoms with Crippen molar-refractivity contribution in [3.8, 4) is 0 Å². The molecule has 1 aliphatic heterocycles. The number of carboxylic acids is 1. The Morgan fingerprint density at radius 1 is 0.700 bits per heavy atom. The largest absolute Gasteiger partial charge is 0.480 e. The molecule has 1 aliphatic rings. The molecule has 430 valence electrons. The molecular formula is C54H73N15O11. The van der Waals surface area contributed by atoms with E-state index in [-0.39, 0.29) is 102 Å². The lowest BCUT2D eigenvalue weighted by Gasteiger charge is -2.28. The number of hydrogen-bond acceptors (Lipinski definition) is 12. The van der Waals surface area contributed by atoms with Gasteiger partial charge in [-0.3, -0.25) is 49.2 Å². The number of fused-ring (bicyclic) bond motifs is 1. The van der Waals surface area contributed by atoms with Crippen molar-refractivity contribution in [3.05, 3.63) is 108 Å². The van der Waals surface area contributed by atoms with Gasteiger partial charge in [-0.15, -0.1) is 0 Å². The Hall–Kier alpha value is -9.07. The highest BCUT2D eigenvalue weighted by Crippen LogP contribution is 2.20. The average molecular weight is 1110 g/mol. The predicted octanol–water partition coefficient (Wildman–Crippen LogP) is -1.12. The number of hydrogen-bond donors (Lipinski definition) is 16. The fraction of sp³-hybridized carbons (Fsp3) is 0.426. The molecule has 2 heterocycles. The molecule has 1 aromatic heterocycles. The first-order valence-electron chi connectivity index (χ1n) is 26.3. The van der Waals surface area contributed by atoms with Crippen molar-refractivity contribution in [1.82, 2.24) is 58.2 Å². The zero-order valence-electron chi connectivity index (χ0n) is 44.5. The number of benzene rings is 3. The first-order valence-corrected chi connectivity index (χ1v) is 26.3. The van der Waals surface area contributed by atoms with Crippen LogP contribution in [0.2, 0.25) is 0 Å². The second kappa shape index (κ2) is 32.0. The van der Waals surface area contributed by atoms with Gasteiger partial charge in [0.25, 0.3) is 0 Å². The molecule has 1 unspecified atom stereocenters. The van der Waals surface area contributed by atoms with Crippen LogP contribution in [0.4, 0.5) is 0 Å². The minimum absolute atomic E-state index is 0.00697. The molecule has 26 nitrogen and oxygen atoms in total. The third-order valence-corrected chi connectivity index (χ3v) is 12.9. The van der Waals surface area contributed by atoms with Crippen LogP contribution in [0, 0.1) is 10.8 Å². The maximum atomic E-state index is 14.8. The molecule has 4 aromatic rings. The first kappa shape index (κ1) is 61.8. The number of ether oxygens (including phenoxy) is 1. The number of aromatic amines is 1. The SMILES string of the molecule is CC(=O)N[C@@H](CCCNC(=N)N)C(=O)N[C@H]1CCCNC(=O)CCC(C(=O)O)NC(=O)[C@H](Cc2c[nH]c3ccccc23)NC(=O)[C@H](CCCNC(=N)N)NC(=O)[C@@H](Cc2ccccc2)NC(=O)[C@H](COCc2ccccc2)NC1=O. The number of nitrogens with two attached hydrogens (primary N) is 2. The molecule has 0 spiro atoms. The highest BCUT2D eigenvalue weighted by Gasteiger charge is 2.35. The number of guanidine groups is 2. The van der Waals surface area contributed by atoms with Crippen molar-refractivity contribution in [2.75, 3.05) is 26.2 Å². The Kier molecular flexibility index (Phi) is 24.7. The van der Waals surface area contributed by atoms with Crippen LogP contribution in [-0.4, -0.2) is 144 Å². The summed E-state index contributed by atoms with van der Waals surface area (Å²) in [6.07, 6.45) is 0.844. The second-order valence-corrected chi connectivity index (χ2v) is 19.2. The Morgan fingerprint density at radius 3 is 1.94 bits per heavy atom. The summed E-state index contributed by atoms with van der Waals surface area (Å²) in [4.78, 5) is 128. The molecular weight excluding hydrogens is 1030 g/mol. The average Bonchev–Trinajstić information content (AvgIpc) is 3.87. The Morgan fingerprint density at radius 2 is 1.27 bits per heavy atom. The minimum atomic E-state index is -1.62. The van der Waals surface area contributed by atoms with Gasteiger partial charge in [-0.2, -0.15) is 0 Å². The summed E-state index contributed by atoms with van der Waals surface area (Å²) in [5, 5.41) is 52.6. The number of nitrogens with one attached hydrogen (secondary N) is 13. The second-order valence-electron chi connectivity index (χ2n) is 19.2. The monoisotopic (exact) mass is 1110 g/mol. The number of para-hydroxylation sites is 1. The summed E-state index contributed by atoms with van der Waals surface area (Å²) < 4.78 is 6.00. The van der Waals surface area contributed by atoms with Gasteiger partial charge in [-0.25, -0.2) is 4.79 Å². The quantitative estimate of drug-likeness (QED) is 0.0283. The standard InChI is InChI=1S/C54H73N15O11/c1-32(70)63-38(19-11-25-60-53(55)56)46(72)64-40-20-10-24-59-45(71)23-22-41(52(78)79)66-50(76)43(28-35-29-62-37-18-9-8-17-36(35)37)68-47(73)39(21-12-26-61-54(57)58)65-49(75)42(27-33-13-4-2-5-14-33)67-51(77)44(69-48(40)74)31-80-30-34-15-6-3-7-16-34/h2-9,13-18,29,38-44,62H,10-12,19-28,30-31H2,1H3,(H,59,71)(H,63,70)(H,64,72)(H,65,75)(H,66,76)(H,67,77)(H,68,73)(H,69,74)(H,78,79)(H4,55,56,60)(H4,57,58,61)/t38-,39-,40-,41?,42+,43-,44-/m0/s1. The Bertz CT molecular complexity index is 2780. The van der Waals surface area contributed by atoms with Gasteiger partial charge >= 0.3 is 5.97 Å². The topological polar surface area (TPSA) is 419 Å². The van der Waals surface area contributed by atoms with Crippen LogP contribution >= 0.6 is 0 Å². The van der Waals surface area contributed by atoms with Gasteiger partial charge in [0.05, 0.1) is 13.2 Å². The molecule has 1 saturated heterocycles. The molecule has 3 aromatic carbocycles. The van der Waals surface area contributed by atoms with Crippen LogP contribution in [0.25, 0.3) is 10.9 Å². The molecule has 0 bridgehead atoms.